The number of rotatable bonds is 5. The Kier molecular flexibility index (Phi) is 4.63. The predicted octanol–water partition coefficient (Wildman–Crippen LogP) is 2.07. The summed E-state index contributed by atoms with van der Waals surface area (Å²) in [6.07, 6.45) is 0.643. The maximum atomic E-state index is 12.5. The van der Waals surface area contributed by atoms with Gasteiger partial charge in [-0.1, -0.05) is 6.07 Å². The fourth-order valence-corrected chi connectivity index (χ4v) is 3.86. The third-order valence-corrected chi connectivity index (χ3v) is 5.92. The number of nitriles is 1. The topological polar surface area (TPSA) is 87.2 Å². The van der Waals surface area contributed by atoms with Gasteiger partial charge in [-0.25, -0.2) is 12.7 Å². The predicted molar refractivity (Wildman–Crippen MR) is 83.4 cm³/mol. The third kappa shape index (κ3) is 3.42. The summed E-state index contributed by atoms with van der Waals surface area (Å²) in [7, 11) is -2.18. The summed E-state index contributed by atoms with van der Waals surface area (Å²) in [6, 6.07) is 10.0. The van der Waals surface area contributed by atoms with Crippen LogP contribution in [0.2, 0.25) is 0 Å². The summed E-state index contributed by atoms with van der Waals surface area (Å²) in [5.74, 6) is 0. The summed E-state index contributed by atoms with van der Waals surface area (Å²) >= 11 is 1.59. The highest BCUT2D eigenvalue weighted by Crippen LogP contribution is 2.21. The highest BCUT2D eigenvalue weighted by atomic mass is 32.2. The standard InChI is InChI=1S/C14H15N3O2S2/c1-17(7-6-13-3-2-8-20-13)21(18,19)14-5-4-12(16)9-11(14)10-15/h2-5,8-9H,6-7,16H2,1H3. The van der Waals surface area contributed by atoms with Gasteiger partial charge in [0.1, 0.15) is 11.0 Å². The van der Waals surface area contributed by atoms with Crippen LogP contribution < -0.4 is 5.73 Å². The van der Waals surface area contributed by atoms with E-state index in [2.05, 4.69) is 0 Å². The molecule has 0 saturated heterocycles. The molecule has 0 saturated carbocycles. The van der Waals surface area contributed by atoms with Crippen LogP contribution in [0.1, 0.15) is 10.4 Å². The maximum Gasteiger partial charge on any atom is 0.244 e. The van der Waals surface area contributed by atoms with Crippen LogP contribution >= 0.6 is 11.3 Å². The Hall–Kier alpha value is -1.88. The number of anilines is 1. The SMILES string of the molecule is CN(CCc1cccs1)S(=O)(=O)c1ccc(N)cc1C#N. The van der Waals surface area contributed by atoms with Gasteiger partial charge in [-0.2, -0.15) is 5.26 Å². The number of thiophene rings is 1. The zero-order chi connectivity index (χ0) is 15.5. The minimum atomic E-state index is -3.69. The van der Waals surface area contributed by atoms with E-state index in [4.69, 9.17) is 11.0 Å². The summed E-state index contributed by atoms with van der Waals surface area (Å²) in [6.45, 7) is 0.359. The van der Waals surface area contributed by atoms with Crippen molar-refractivity contribution in [3.63, 3.8) is 0 Å². The first kappa shape index (κ1) is 15.5. The molecule has 0 bridgehead atoms. The molecular weight excluding hydrogens is 306 g/mol. The summed E-state index contributed by atoms with van der Waals surface area (Å²) in [5, 5.41) is 11.0. The van der Waals surface area contributed by atoms with Crippen LogP contribution in [0.5, 0.6) is 0 Å². The van der Waals surface area contributed by atoms with Crippen LogP contribution in [-0.4, -0.2) is 26.3 Å². The second-order valence-corrected chi connectivity index (χ2v) is 7.57. The van der Waals surface area contributed by atoms with E-state index in [0.717, 1.165) is 4.88 Å². The molecule has 2 N–H and O–H groups in total. The van der Waals surface area contributed by atoms with Crippen molar-refractivity contribution in [3.05, 3.63) is 46.2 Å². The van der Waals surface area contributed by atoms with Crippen LogP contribution in [0.4, 0.5) is 5.69 Å². The van der Waals surface area contributed by atoms with Crippen molar-refractivity contribution in [2.75, 3.05) is 19.3 Å². The molecule has 1 aromatic heterocycles. The fourth-order valence-electron chi connectivity index (χ4n) is 1.87. The lowest BCUT2D eigenvalue weighted by Gasteiger charge is -2.17. The molecular formula is C14H15N3O2S2. The van der Waals surface area contributed by atoms with Gasteiger partial charge in [0, 0.05) is 24.2 Å². The van der Waals surface area contributed by atoms with Crippen molar-refractivity contribution in [2.24, 2.45) is 0 Å². The zero-order valence-corrected chi connectivity index (χ0v) is 13.1. The van der Waals surface area contributed by atoms with E-state index in [-0.39, 0.29) is 10.5 Å². The number of nitrogens with two attached hydrogens (primary N) is 1. The third-order valence-electron chi connectivity index (χ3n) is 3.07. The molecule has 7 heteroatoms. The highest BCUT2D eigenvalue weighted by Gasteiger charge is 2.24. The molecule has 0 aliphatic carbocycles. The van der Waals surface area contributed by atoms with Crippen LogP contribution in [0.15, 0.2) is 40.6 Å². The molecule has 110 valence electrons. The molecule has 5 nitrogen and oxygen atoms in total. The summed E-state index contributed by atoms with van der Waals surface area (Å²) < 4.78 is 26.3. The summed E-state index contributed by atoms with van der Waals surface area (Å²) in [4.78, 5) is 1.11. The van der Waals surface area contributed by atoms with Crippen molar-refractivity contribution >= 4 is 27.0 Å². The van der Waals surface area contributed by atoms with Crippen LogP contribution in [0, 0.1) is 11.3 Å². The largest absolute Gasteiger partial charge is 0.399 e. The first-order chi connectivity index (χ1) is 9.95. The van der Waals surface area contributed by atoms with Gasteiger partial charge in [-0.05, 0) is 36.1 Å². The van der Waals surface area contributed by atoms with Crippen molar-refractivity contribution < 1.29 is 8.42 Å². The zero-order valence-electron chi connectivity index (χ0n) is 11.5. The van der Waals surface area contributed by atoms with E-state index in [0.29, 0.717) is 18.7 Å². The number of likely N-dealkylation sites (N-methyl/N-ethyl adjacent to an activating group) is 1. The van der Waals surface area contributed by atoms with Crippen LogP contribution in [0.3, 0.4) is 0 Å². The Morgan fingerprint density at radius 2 is 2.14 bits per heavy atom. The van der Waals surface area contributed by atoms with Gasteiger partial charge in [0.25, 0.3) is 0 Å². The smallest absolute Gasteiger partial charge is 0.244 e. The Morgan fingerprint density at radius 1 is 1.38 bits per heavy atom. The van der Waals surface area contributed by atoms with Gasteiger partial charge in [0.05, 0.1) is 5.56 Å². The molecule has 0 radical (unpaired) electrons. The molecule has 0 atom stereocenters. The van der Waals surface area contributed by atoms with Gasteiger partial charge >= 0.3 is 0 Å². The number of nitrogen functional groups attached to an aromatic ring is 1. The normalized spacial score (nSPS) is 11.5. The quantitative estimate of drug-likeness (QED) is 0.854. The molecule has 1 aromatic carbocycles. The van der Waals surface area contributed by atoms with Gasteiger partial charge in [-0.3, -0.25) is 0 Å². The van der Waals surface area contributed by atoms with Crippen molar-refractivity contribution in [2.45, 2.75) is 11.3 Å². The van der Waals surface area contributed by atoms with Crippen molar-refractivity contribution in [3.8, 4) is 6.07 Å². The van der Waals surface area contributed by atoms with E-state index in [1.165, 1.54) is 29.6 Å². The van der Waals surface area contributed by atoms with Gasteiger partial charge in [-0.15, -0.1) is 11.3 Å². The molecule has 0 aliphatic heterocycles. The number of nitrogens with zero attached hydrogens (tertiary/aromatic N) is 2. The lowest BCUT2D eigenvalue weighted by molar-refractivity contribution is 0.473. The Balaban J connectivity index is 2.23. The van der Waals surface area contributed by atoms with Crippen LogP contribution in [-0.2, 0) is 16.4 Å². The molecule has 0 amide bonds. The molecule has 0 aliphatic rings. The molecule has 2 aromatic rings. The minimum absolute atomic E-state index is 0.00659. The van der Waals surface area contributed by atoms with Crippen molar-refractivity contribution in [1.29, 1.82) is 5.26 Å². The lowest BCUT2D eigenvalue weighted by atomic mass is 10.2. The average molecular weight is 321 g/mol. The monoisotopic (exact) mass is 321 g/mol. The van der Waals surface area contributed by atoms with E-state index in [9.17, 15) is 8.42 Å². The number of hydrogen-bond donors (Lipinski definition) is 1. The minimum Gasteiger partial charge on any atom is -0.399 e. The second-order valence-electron chi connectivity index (χ2n) is 4.52. The lowest BCUT2D eigenvalue weighted by Crippen LogP contribution is -2.29. The van der Waals surface area contributed by atoms with E-state index < -0.39 is 10.0 Å². The Morgan fingerprint density at radius 3 is 2.76 bits per heavy atom. The van der Waals surface area contributed by atoms with Crippen LogP contribution in [0.25, 0.3) is 0 Å². The first-order valence-electron chi connectivity index (χ1n) is 6.23. The Labute approximate surface area is 128 Å². The average Bonchev–Trinajstić information content (AvgIpc) is 2.97. The second kappa shape index (κ2) is 6.26. The number of sulfonamides is 1. The van der Waals surface area contributed by atoms with Crippen molar-refractivity contribution in [1.82, 2.24) is 4.31 Å². The molecule has 21 heavy (non-hydrogen) atoms. The maximum absolute atomic E-state index is 12.5. The number of benzene rings is 1. The number of hydrogen-bond acceptors (Lipinski definition) is 5. The molecule has 0 spiro atoms. The molecule has 1 heterocycles. The van der Waals surface area contributed by atoms with E-state index in [1.807, 2.05) is 23.6 Å². The highest BCUT2D eigenvalue weighted by molar-refractivity contribution is 7.89. The van der Waals surface area contributed by atoms with E-state index >= 15 is 0 Å². The molecule has 0 unspecified atom stereocenters. The van der Waals surface area contributed by atoms with Gasteiger partial charge in [0.15, 0.2) is 0 Å². The molecule has 2 rings (SSSR count). The Bertz CT molecular complexity index is 762. The van der Waals surface area contributed by atoms with Gasteiger partial charge < -0.3 is 5.73 Å². The first-order valence-corrected chi connectivity index (χ1v) is 8.55. The summed E-state index contributed by atoms with van der Waals surface area (Å²) in [5.41, 5.74) is 6.02. The van der Waals surface area contributed by atoms with E-state index in [1.54, 1.807) is 11.3 Å². The van der Waals surface area contributed by atoms with Gasteiger partial charge in [0.2, 0.25) is 10.0 Å². The molecule has 0 fully saturated rings. The fraction of sp³-hybridized carbons (Fsp3) is 0.214.